The highest BCUT2D eigenvalue weighted by Crippen LogP contribution is 2.23. The number of ether oxygens (including phenoxy) is 2. The van der Waals surface area contributed by atoms with Gasteiger partial charge in [-0.15, -0.1) is 0 Å². The van der Waals surface area contributed by atoms with Gasteiger partial charge in [0.2, 0.25) is 0 Å². The molecule has 4 nitrogen and oxygen atoms in total. The first kappa shape index (κ1) is 13.5. The lowest BCUT2D eigenvalue weighted by molar-refractivity contribution is -0.150. The Kier molecular flexibility index (Phi) is 4.74. The lowest BCUT2D eigenvalue weighted by Crippen LogP contribution is -2.40. The van der Waals surface area contributed by atoms with Gasteiger partial charge in [0.1, 0.15) is 0 Å². The van der Waals surface area contributed by atoms with Crippen LogP contribution in [0.25, 0.3) is 0 Å². The molecule has 1 rings (SSSR count). The molecular formula is C12H23NO3. The van der Waals surface area contributed by atoms with Gasteiger partial charge in [-0.2, -0.15) is 0 Å². The molecular weight excluding hydrogens is 206 g/mol. The minimum atomic E-state index is -0.458. The van der Waals surface area contributed by atoms with Crippen molar-refractivity contribution >= 4 is 5.97 Å². The van der Waals surface area contributed by atoms with Crippen molar-refractivity contribution in [3.63, 3.8) is 0 Å². The molecule has 0 aromatic carbocycles. The van der Waals surface area contributed by atoms with Gasteiger partial charge in [-0.1, -0.05) is 0 Å². The van der Waals surface area contributed by atoms with Crippen LogP contribution in [0, 0.1) is 5.41 Å². The molecule has 0 saturated heterocycles. The molecule has 1 aliphatic carbocycles. The fourth-order valence-electron chi connectivity index (χ4n) is 2.09. The number of carbonyl (C=O) groups excluding carboxylic acids is 1. The van der Waals surface area contributed by atoms with E-state index in [4.69, 9.17) is 9.47 Å². The minimum Gasteiger partial charge on any atom is -0.469 e. The van der Waals surface area contributed by atoms with Gasteiger partial charge in [-0.05, 0) is 33.1 Å². The van der Waals surface area contributed by atoms with Crippen LogP contribution in [-0.2, 0) is 14.3 Å². The van der Waals surface area contributed by atoms with Crippen molar-refractivity contribution in [2.75, 3.05) is 20.8 Å². The third-order valence-corrected chi connectivity index (χ3v) is 3.29. The fraction of sp³-hybridized carbons (Fsp3) is 0.917. The molecule has 0 aliphatic heterocycles. The SMILES string of the molecule is COC(=O)C(C)(C)CNC1CCC(OC)C1. The summed E-state index contributed by atoms with van der Waals surface area (Å²) >= 11 is 0. The van der Waals surface area contributed by atoms with Crippen molar-refractivity contribution < 1.29 is 14.3 Å². The first-order chi connectivity index (χ1) is 7.49. The summed E-state index contributed by atoms with van der Waals surface area (Å²) in [5.41, 5.74) is -0.458. The van der Waals surface area contributed by atoms with E-state index in [1.165, 1.54) is 7.11 Å². The molecule has 1 N–H and O–H groups in total. The molecule has 0 amide bonds. The van der Waals surface area contributed by atoms with E-state index in [2.05, 4.69) is 5.32 Å². The number of hydrogen-bond donors (Lipinski definition) is 1. The zero-order chi connectivity index (χ0) is 12.2. The average molecular weight is 229 g/mol. The number of methoxy groups -OCH3 is 2. The van der Waals surface area contributed by atoms with Crippen molar-refractivity contribution in [3.8, 4) is 0 Å². The predicted octanol–water partition coefficient (Wildman–Crippen LogP) is 1.34. The third kappa shape index (κ3) is 3.46. The summed E-state index contributed by atoms with van der Waals surface area (Å²) in [6.45, 7) is 4.45. The van der Waals surface area contributed by atoms with Crippen LogP contribution in [0.4, 0.5) is 0 Å². The Morgan fingerprint density at radius 2 is 2.06 bits per heavy atom. The maximum Gasteiger partial charge on any atom is 0.312 e. The summed E-state index contributed by atoms with van der Waals surface area (Å²) in [5, 5.41) is 3.42. The van der Waals surface area contributed by atoms with Crippen molar-refractivity contribution in [1.29, 1.82) is 0 Å². The van der Waals surface area contributed by atoms with E-state index in [1.54, 1.807) is 7.11 Å². The minimum absolute atomic E-state index is 0.165. The maximum absolute atomic E-state index is 11.5. The second kappa shape index (κ2) is 5.64. The number of hydrogen-bond acceptors (Lipinski definition) is 4. The summed E-state index contributed by atoms with van der Waals surface area (Å²) in [5.74, 6) is -0.165. The quantitative estimate of drug-likeness (QED) is 0.723. The Bertz CT molecular complexity index is 240. The largest absolute Gasteiger partial charge is 0.469 e. The molecule has 94 valence electrons. The second-order valence-corrected chi connectivity index (χ2v) is 5.12. The molecule has 0 aromatic rings. The highest BCUT2D eigenvalue weighted by atomic mass is 16.5. The summed E-state index contributed by atoms with van der Waals surface area (Å²) in [4.78, 5) is 11.5. The van der Waals surface area contributed by atoms with E-state index in [9.17, 15) is 4.79 Å². The number of carbonyl (C=O) groups is 1. The van der Waals surface area contributed by atoms with Crippen LogP contribution in [0.5, 0.6) is 0 Å². The Balaban J connectivity index is 2.32. The molecule has 0 heterocycles. The van der Waals surface area contributed by atoms with Crippen LogP contribution >= 0.6 is 0 Å². The Morgan fingerprint density at radius 1 is 1.38 bits per heavy atom. The molecule has 0 spiro atoms. The second-order valence-electron chi connectivity index (χ2n) is 5.12. The highest BCUT2D eigenvalue weighted by Gasteiger charge is 2.31. The summed E-state index contributed by atoms with van der Waals surface area (Å²) < 4.78 is 10.1. The van der Waals surface area contributed by atoms with Gasteiger partial charge in [0, 0.05) is 19.7 Å². The zero-order valence-corrected chi connectivity index (χ0v) is 10.7. The van der Waals surface area contributed by atoms with Gasteiger partial charge in [0.05, 0.1) is 18.6 Å². The van der Waals surface area contributed by atoms with E-state index >= 15 is 0 Å². The van der Waals surface area contributed by atoms with Crippen LogP contribution in [0.2, 0.25) is 0 Å². The first-order valence-corrected chi connectivity index (χ1v) is 5.84. The van der Waals surface area contributed by atoms with Crippen LogP contribution in [0.1, 0.15) is 33.1 Å². The van der Waals surface area contributed by atoms with Gasteiger partial charge in [-0.25, -0.2) is 0 Å². The van der Waals surface area contributed by atoms with Crippen molar-refractivity contribution in [1.82, 2.24) is 5.32 Å². The van der Waals surface area contributed by atoms with E-state index in [1.807, 2.05) is 13.8 Å². The Hall–Kier alpha value is -0.610. The predicted molar refractivity (Wildman–Crippen MR) is 62.2 cm³/mol. The van der Waals surface area contributed by atoms with E-state index in [-0.39, 0.29) is 5.97 Å². The van der Waals surface area contributed by atoms with Gasteiger partial charge < -0.3 is 14.8 Å². The molecule has 16 heavy (non-hydrogen) atoms. The van der Waals surface area contributed by atoms with Crippen LogP contribution in [-0.4, -0.2) is 38.9 Å². The summed E-state index contributed by atoms with van der Waals surface area (Å²) in [6.07, 6.45) is 3.63. The monoisotopic (exact) mass is 229 g/mol. The molecule has 2 unspecified atom stereocenters. The van der Waals surface area contributed by atoms with Gasteiger partial charge in [0.15, 0.2) is 0 Å². The average Bonchev–Trinajstić information content (AvgIpc) is 2.73. The Morgan fingerprint density at radius 3 is 2.56 bits per heavy atom. The van der Waals surface area contributed by atoms with Gasteiger partial charge in [0.25, 0.3) is 0 Å². The molecule has 1 aliphatic rings. The molecule has 2 atom stereocenters. The summed E-state index contributed by atoms with van der Waals surface area (Å²) in [7, 11) is 3.19. The molecule has 1 fully saturated rings. The van der Waals surface area contributed by atoms with Crippen LogP contribution < -0.4 is 5.32 Å². The number of esters is 1. The van der Waals surface area contributed by atoms with Gasteiger partial charge in [-0.3, -0.25) is 4.79 Å². The topological polar surface area (TPSA) is 47.6 Å². The molecule has 4 heteroatoms. The Labute approximate surface area is 97.7 Å². The highest BCUT2D eigenvalue weighted by molar-refractivity contribution is 5.76. The lowest BCUT2D eigenvalue weighted by atomic mass is 9.93. The van der Waals surface area contributed by atoms with Crippen LogP contribution in [0.15, 0.2) is 0 Å². The fourth-order valence-corrected chi connectivity index (χ4v) is 2.09. The van der Waals surface area contributed by atoms with Crippen LogP contribution in [0.3, 0.4) is 0 Å². The van der Waals surface area contributed by atoms with Crippen molar-refractivity contribution in [2.24, 2.45) is 5.41 Å². The molecule has 0 radical (unpaired) electrons. The maximum atomic E-state index is 11.5. The van der Waals surface area contributed by atoms with E-state index in [0.717, 1.165) is 19.3 Å². The first-order valence-electron chi connectivity index (χ1n) is 5.84. The van der Waals surface area contributed by atoms with E-state index in [0.29, 0.717) is 18.7 Å². The van der Waals surface area contributed by atoms with E-state index < -0.39 is 5.41 Å². The number of rotatable bonds is 5. The standard InChI is InChI=1S/C12H23NO3/c1-12(2,11(14)16-4)8-13-9-5-6-10(7-9)15-3/h9-10,13H,5-8H2,1-4H3. The van der Waals surface area contributed by atoms with Crippen molar-refractivity contribution in [3.05, 3.63) is 0 Å². The normalized spacial score (nSPS) is 25.8. The summed E-state index contributed by atoms with van der Waals surface area (Å²) in [6, 6.07) is 0.467. The third-order valence-electron chi connectivity index (χ3n) is 3.29. The zero-order valence-electron chi connectivity index (χ0n) is 10.7. The molecule has 1 saturated carbocycles. The number of nitrogens with one attached hydrogen (secondary N) is 1. The van der Waals surface area contributed by atoms with Crippen molar-refractivity contribution in [2.45, 2.75) is 45.3 Å². The van der Waals surface area contributed by atoms with Gasteiger partial charge >= 0.3 is 5.97 Å². The smallest absolute Gasteiger partial charge is 0.312 e. The lowest BCUT2D eigenvalue weighted by Gasteiger charge is -2.24. The molecule has 0 aromatic heterocycles. The molecule has 0 bridgehead atoms.